The third kappa shape index (κ3) is 6.60. The van der Waals surface area contributed by atoms with E-state index < -0.39 is 22.0 Å². The Balaban J connectivity index is 1.36. The molecule has 2 aromatic heterocycles. The SMILES string of the molecule is Cc1oc(-c2ccccc2)nc1CCOc1ccc(C[C@@H](C(=O)NS(C)(=O)=O)n2cccc2)cc1. The fourth-order valence-corrected chi connectivity index (χ4v) is 4.22. The summed E-state index contributed by atoms with van der Waals surface area (Å²) in [4.78, 5) is 17.2. The normalized spacial score (nSPS) is 12.3. The fourth-order valence-electron chi connectivity index (χ4n) is 3.71. The predicted octanol–water partition coefficient (Wildman–Crippen LogP) is 3.93. The van der Waals surface area contributed by atoms with Gasteiger partial charge >= 0.3 is 0 Å². The largest absolute Gasteiger partial charge is 0.493 e. The van der Waals surface area contributed by atoms with E-state index in [-0.39, 0.29) is 0 Å². The summed E-state index contributed by atoms with van der Waals surface area (Å²) < 4.78 is 38.5. The molecule has 1 atom stereocenters. The van der Waals surface area contributed by atoms with E-state index in [4.69, 9.17) is 9.15 Å². The number of nitrogens with one attached hydrogen (secondary N) is 1. The fraction of sp³-hybridized carbons (Fsp3) is 0.231. The molecular formula is C26H27N3O5S. The number of hydrogen-bond donors (Lipinski definition) is 1. The van der Waals surface area contributed by atoms with Crippen LogP contribution in [-0.2, 0) is 27.7 Å². The monoisotopic (exact) mass is 493 g/mol. The number of benzene rings is 2. The molecule has 0 aliphatic heterocycles. The zero-order chi connectivity index (χ0) is 24.8. The van der Waals surface area contributed by atoms with E-state index in [0.717, 1.165) is 28.8 Å². The first-order chi connectivity index (χ1) is 16.8. The first-order valence-electron chi connectivity index (χ1n) is 11.2. The molecule has 35 heavy (non-hydrogen) atoms. The highest BCUT2D eigenvalue weighted by molar-refractivity contribution is 7.89. The second-order valence-corrected chi connectivity index (χ2v) is 9.97. The lowest BCUT2D eigenvalue weighted by atomic mass is 10.1. The average molecular weight is 494 g/mol. The first-order valence-corrected chi connectivity index (χ1v) is 13.1. The summed E-state index contributed by atoms with van der Waals surface area (Å²) in [6, 6.07) is 20.0. The second kappa shape index (κ2) is 10.6. The van der Waals surface area contributed by atoms with Gasteiger partial charge in [-0.25, -0.2) is 13.4 Å². The zero-order valence-corrected chi connectivity index (χ0v) is 20.4. The van der Waals surface area contributed by atoms with Crippen molar-refractivity contribution in [3.63, 3.8) is 0 Å². The maximum absolute atomic E-state index is 12.6. The van der Waals surface area contributed by atoms with Crippen LogP contribution in [0.5, 0.6) is 5.75 Å². The summed E-state index contributed by atoms with van der Waals surface area (Å²) >= 11 is 0. The molecule has 0 aliphatic carbocycles. The van der Waals surface area contributed by atoms with Gasteiger partial charge in [0, 0.05) is 30.8 Å². The van der Waals surface area contributed by atoms with Crippen LogP contribution in [0, 0.1) is 6.92 Å². The van der Waals surface area contributed by atoms with Crippen LogP contribution in [0.25, 0.3) is 11.5 Å². The number of aromatic nitrogens is 2. The molecule has 1 N–H and O–H groups in total. The van der Waals surface area contributed by atoms with E-state index in [0.29, 0.717) is 31.1 Å². The standard InChI is InChI=1S/C26H27N3O5S/c1-19-23(27-26(34-19)21-8-4-3-5-9-21)14-17-33-22-12-10-20(11-13-22)18-24(29-15-6-7-16-29)25(30)28-35(2,31)32/h3-13,15-16,24H,14,17-18H2,1-2H3,(H,28,30)/t24-/m0/s1. The van der Waals surface area contributed by atoms with Crippen molar-refractivity contribution in [2.45, 2.75) is 25.8 Å². The Morgan fingerprint density at radius 3 is 2.40 bits per heavy atom. The molecule has 0 spiro atoms. The Kier molecular flexibility index (Phi) is 7.36. The van der Waals surface area contributed by atoms with Crippen LogP contribution < -0.4 is 9.46 Å². The third-order valence-corrected chi connectivity index (χ3v) is 6.02. The van der Waals surface area contributed by atoms with Gasteiger partial charge in [0.05, 0.1) is 18.6 Å². The lowest BCUT2D eigenvalue weighted by molar-refractivity contribution is -0.122. The van der Waals surface area contributed by atoms with Crippen LogP contribution in [0.4, 0.5) is 0 Å². The second-order valence-electron chi connectivity index (χ2n) is 8.22. The van der Waals surface area contributed by atoms with Crippen LogP contribution in [0.15, 0.2) is 83.5 Å². The summed E-state index contributed by atoms with van der Waals surface area (Å²) in [6.07, 6.45) is 5.37. The van der Waals surface area contributed by atoms with Crippen molar-refractivity contribution in [1.29, 1.82) is 0 Å². The van der Waals surface area contributed by atoms with Gasteiger partial charge in [0.1, 0.15) is 17.6 Å². The molecule has 9 heteroatoms. The molecule has 182 valence electrons. The molecule has 1 amide bonds. The van der Waals surface area contributed by atoms with E-state index in [9.17, 15) is 13.2 Å². The van der Waals surface area contributed by atoms with Crippen molar-refractivity contribution in [2.24, 2.45) is 0 Å². The molecule has 0 aliphatic rings. The highest BCUT2D eigenvalue weighted by Crippen LogP contribution is 2.22. The Morgan fingerprint density at radius 1 is 1.06 bits per heavy atom. The predicted molar refractivity (Wildman–Crippen MR) is 132 cm³/mol. The van der Waals surface area contributed by atoms with Crippen LogP contribution in [0.2, 0.25) is 0 Å². The van der Waals surface area contributed by atoms with Gasteiger partial charge in [0.15, 0.2) is 0 Å². The summed E-state index contributed by atoms with van der Waals surface area (Å²) in [6.45, 7) is 2.33. The van der Waals surface area contributed by atoms with Crippen LogP contribution in [-0.4, -0.2) is 36.7 Å². The molecule has 0 bridgehead atoms. The van der Waals surface area contributed by atoms with Crippen LogP contribution in [0.1, 0.15) is 23.1 Å². The molecule has 0 radical (unpaired) electrons. The van der Waals surface area contributed by atoms with Crippen LogP contribution >= 0.6 is 0 Å². The zero-order valence-electron chi connectivity index (χ0n) is 19.5. The molecular weight excluding hydrogens is 466 g/mol. The number of hydrogen-bond acceptors (Lipinski definition) is 6. The minimum Gasteiger partial charge on any atom is -0.493 e. The minimum atomic E-state index is -3.65. The maximum atomic E-state index is 12.6. The number of rotatable bonds is 10. The summed E-state index contributed by atoms with van der Waals surface area (Å²) in [5, 5.41) is 0. The van der Waals surface area contributed by atoms with Crippen molar-refractivity contribution in [2.75, 3.05) is 12.9 Å². The number of sulfonamides is 1. The van der Waals surface area contributed by atoms with Gasteiger partial charge in [-0.15, -0.1) is 0 Å². The number of nitrogens with zero attached hydrogens (tertiary/aromatic N) is 2. The Morgan fingerprint density at radius 2 is 1.74 bits per heavy atom. The lowest BCUT2D eigenvalue weighted by Crippen LogP contribution is -2.36. The highest BCUT2D eigenvalue weighted by atomic mass is 32.2. The topological polar surface area (TPSA) is 103 Å². The number of oxazole rings is 1. The van der Waals surface area contributed by atoms with E-state index in [1.54, 1.807) is 29.1 Å². The number of ether oxygens (including phenoxy) is 1. The van der Waals surface area contributed by atoms with Gasteiger partial charge in [-0.1, -0.05) is 30.3 Å². The number of carbonyl (C=O) groups is 1. The molecule has 4 rings (SSSR count). The van der Waals surface area contributed by atoms with E-state index in [1.807, 2.05) is 61.5 Å². The smallest absolute Gasteiger partial charge is 0.256 e. The van der Waals surface area contributed by atoms with Gasteiger partial charge in [-0.3, -0.25) is 9.52 Å². The number of aryl methyl sites for hydroxylation is 1. The average Bonchev–Trinajstić information content (AvgIpc) is 3.48. The van der Waals surface area contributed by atoms with Crippen LogP contribution in [0.3, 0.4) is 0 Å². The molecule has 8 nitrogen and oxygen atoms in total. The number of carbonyl (C=O) groups excluding carboxylic acids is 1. The molecule has 2 heterocycles. The van der Waals surface area contributed by atoms with Gasteiger partial charge in [0.25, 0.3) is 5.91 Å². The van der Waals surface area contributed by atoms with E-state index in [2.05, 4.69) is 9.71 Å². The van der Waals surface area contributed by atoms with E-state index >= 15 is 0 Å². The quantitative estimate of drug-likeness (QED) is 0.359. The van der Waals surface area contributed by atoms with Crippen molar-refractivity contribution in [3.8, 4) is 17.2 Å². The molecule has 0 fully saturated rings. The minimum absolute atomic E-state index is 0.330. The number of amides is 1. The van der Waals surface area contributed by atoms with Gasteiger partial charge in [-0.2, -0.15) is 0 Å². The molecule has 0 saturated heterocycles. The molecule has 0 saturated carbocycles. The van der Waals surface area contributed by atoms with Crippen molar-refractivity contribution in [3.05, 3.63) is 96.1 Å². The third-order valence-electron chi connectivity index (χ3n) is 5.45. The molecule has 0 unspecified atom stereocenters. The first kappa shape index (κ1) is 24.3. The van der Waals surface area contributed by atoms with Gasteiger partial charge in [0.2, 0.25) is 15.9 Å². The van der Waals surface area contributed by atoms with Crippen molar-refractivity contribution in [1.82, 2.24) is 14.3 Å². The van der Waals surface area contributed by atoms with Gasteiger partial charge in [-0.05, 0) is 48.9 Å². The Labute approximate surface area is 204 Å². The maximum Gasteiger partial charge on any atom is 0.256 e. The summed E-state index contributed by atoms with van der Waals surface area (Å²) in [5.41, 5.74) is 2.66. The highest BCUT2D eigenvalue weighted by Gasteiger charge is 2.23. The van der Waals surface area contributed by atoms with Crippen molar-refractivity contribution < 1.29 is 22.4 Å². The summed E-state index contributed by atoms with van der Waals surface area (Å²) in [5.74, 6) is 1.48. The molecule has 4 aromatic rings. The van der Waals surface area contributed by atoms with Crippen molar-refractivity contribution >= 4 is 15.9 Å². The Bertz CT molecular complexity index is 1360. The molecule has 2 aromatic carbocycles. The summed E-state index contributed by atoms with van der Waals surface area (Å²) in [7, 11) is -3.65. The van der Waals surface area contributed by atoms with E-state index in [1.165, 1.54) is 0 Å². The Hall–Kier alpha value is -3.85. The van der Waals surface area contributed by atoms with Gasteiger partial charge < -0.3 is 13.7 Å². The lowest BCUT2D eigenvalue weighted by Gasteiger charge is -2.18.